The van der Waals surface area contributed by atoms with Crippen molar-refractivity contribution < 1.29 is 9.53 Å². The Kier molecular flexibility index (Phi) is 5.76. The molecule has 5 rings (SSSR count). The second-order valence-corrected chi connectivity index (χ2v) is 9.20. The van der Waals surface area contributed by atoms with Gasteiger partial charge in [0, 0.05) is 31.7 Å². The molecular weight excluding hydrogens is 434 g/mol. The summed E-state index contributed by atoms with van der Waals surface area (Å²) in [6.45, 7) is 9.53. The van der Waals surface area contributed by atoms with Gasteiger partial charge in [0.05, 0.1) is 22.7 Å². The van der Waals surface area contributed by atoms with Crippen LogP contribution in [-0.4, -0.2) is 58.4 Å². The Morgan fingerprint density at radius 3 is 2.36 bits per heavy atom. The maximum Gasteiger partial charge on any atom is 0.253 e. The average molecular weight is 462 g/mol. The largest absolute Gasteiger partial charge is 0.494 e. The summed E-state index contributed by atoms with van der Waals surface area (Å²) < 4.78 is 8.51. The molecule has 1 saturated heterocycles. The highest BCUT2D eigenvalue weighted by Crippen LogP contribution is 2.33. The number of fused-ring (bicyclic) bond motifs is 1. The van der Waals surface area contributed by atoms with Gasteiger partial charge in [0.2, 0.25) is 0 Å². The van der Waals surface area contributed by atoms with Crippen molar-refractivity contribution in [2.45, 2.75) is 20.8 Å². The van der Waals surface area contributed by atoms with Crippen LogP contribution in [0.4, 0.5) is 5.13 Å². The zero-order valence-corrected chi connectivity index (χ0v) is 19.9. The SMILES string of the molecule is CCOc1ccc(C(=O)N2CCN(c3nc4c(s3)c(C)nn4-c3ccc(C)cc3)CC2)cc1. The number of aryl methyl sites for hydroxylation is 2. The molecule has 1 aliphatic heterocycles. The van der Waals surface area contributed by atoms with Crippen LogP contribution in [0.3, 0.4) is 0 Å². The molecule has 8 heteroatoms. The molecule has 33 heavy (non-hydrogen) atoms. The predicted octanol–water partition coefficient (Wildman–Crippen LogP) is 4.46. The number of carbonyl (C=O) groups is 1. The summed E-state index contributed by atoms with van der Waals surface area (Å²) in [5, 5.41) is 5.69. The molecule has 0 radical (unpaired) electrons. The van der Waals surface area contributed by atoms with Crippen molar-refractivity contribution in [3.05, 3.63) is 65.4 Å². The Morgan fingerprint density at radius 1 is 1.00 bits per heavy atom. The predicted molar refractivity (Wildman–Crippen MR) is 132 cm³/mol. The summed E-state index contributed by atoms with van der Waals surface area (Å²) in [6, 6.07) is 15.7. The first kappa shape index (κ1) is 21.5. The molecule has 0 unspecified atom stereocenters. The smallest absolute Gasteiger partial charge is 0.253 e. The minimum atomic E-state index is 0.0628. The monoisotopic (exact) mass is 461 g/mol. The molecule has 170 valence electrons. The number of hydrogen-bond donors (Lipinski definition) is 0. The molecule has 7 nitrogen and oxygen atoms in total. The number of carbonyl (C=O) groups excluding carboxylic acids is 1. The molecule has 1 amide bonds. The third-order valence-electron chi connectivity index (χ3n) is 5.91. The Labute approximate surface area is 197 Å². The average Bonchev–Trinajstić information content (AvgIpc) is 3.41. The summed E-state index contributed by atoms with van der Waals surface area (Å²) in [5.41, 5.74) is 4.81. The molecule has 0 bridgehead atoms. The summed E-state index contributed by atoms with van der Waals surface area (Å²) in [7, 11) is 0. The van der Waals surface area contributed by atoms with Gasteiger partial charge in [0.15, 0.2) is 10.8 Å². The van der Waals surface area contributed by atoms with Crippen molar-refractivity contribution in [3.8, 4) is 11.4 Å². The van der Waals surface area contributed by atoms with Gasteiger partial charge in [-0.05, 0) is 57.2 Å². The molecule has 0 spiro atoms. The quantitative estimate of drug-likeness (QED) is 0.439. The molecule has 0 aliphatic carbocycles. The third kappa shape index (κ3) is 4.18. The molecule has 3 heterocycles. The molecule has 0 atom stereocenters. The third-order valence-corrected chi connectivity index (χ3v) is 7.12. The van der Waals surface area contributed by atoms with E-state index in [1.807, 2.05) is 47.7 Å². The van der Waals surface area contributed by atoms with E-state index in [-0.39, 0.29) is 5.91 Å². The van der Waals surface area contributed by atoms with Crippen molar-refractivity contribution in [3.63, 3.8) is 0 Å². The lowest BCUT2D eigenvalue weighted by molar-refractivity contribution is 0.0746. The van der Waals surface area contributed by atoms with Crippen molar-refractivity contribution in [2.75, 3.05) is 37.7 Å². The maximum atomic E-state index is 12.9. The molecule has 0 N–H and O–H groups in total. The summed E-state index contributed by atoms with van der Waals surface area (Å²) in [4.78, 5) is 22.0. The van der Waals surface area contributed by atoms with E-state index in [0.29, 0.717) is 25.3 Å². The van der Waals surface area contributed by atoms with Crippen LogP contribution < -0.4 is 9.64 Å². The Bertz CT molecular complexity index is 1270. The Hall–Kier alpha value is -3.39. The highest BCUT2D eigenvalue weighted by molar-refractivity contribution is 7.22. The molecule has 1 aliphatic rings. The van der Waals surface area contributed by atoms with Crippen LogP contribution in [0.15, 0.2) is 48.5 Å². The van der Waals surface area contributed by atoms with Gasteiger partial charge in [0.1, 0.15) is 5.75 Å². The number of nitrogens with zero attached hydrogens (tertiary/aromatic N) is 5. The molecule has 2 aromatic heterocycles. The van der Waals surface area contributed by atoms with Gasteiger partial charge in [-0.3, -0.25) is 4.79 Å². The minimum Gasteiger partial charge on any atom is -0.494 e. The van der Waals surface area contributed by atoms with Gasteiger partial charge in [-0.15, -0.1) is 0 Å². The fourth-order valence-electron chi connectivity index (χ4n) is 4.07. The lowest BCUT2D eigenvalue weighted by Crippen LogP contribution is -2.48. The lowest BCUT2D eigenvalue weighted by atomic mass is 10.1. The van der Waals surface area contributed by atoms with Crippen molar-refractivity contribution in [2.24, 2.45) is 0 Å². The second kappa shape index (κ2) is 8.86. The van der Waals surface area contributed by atoms with Gasteiger partial charge < -0.3 is 14.5 Å². The van der Waals surface area contributed by atoms with E-state index in [1.165, 1.54) is 5.56 Å². The van der Waals surface area contributed by atoms with Crippen molar-refractivity contribution in [1.82, 2.24) is 19.7 Å². The zero-order chi connectivity index (χ0) is 22.9. The van der Waals surface area contributed by atoms with Crippen LogP contribution in [0.2, 0.25) is 0 Å². The fourth-order valence-corrected chi connectivity index (χ4v) is 5.11. The number of ether oxygens (including phenoxy) is 1. The number of benzene rings is 2. The lowest BCUT2D eigenvalue weighted by Gasteiger charge is -2.34. The van der Waals surface area contributed by atoms with Crippen LogP contribution in [0, 0.1) is 13.8 Å². The Morgan fingerprint density at radius 2 is 1.70 bits per heavy atom. The van der Waals surface area contributed by atoms with Gasteiger partial charge >= 0.3 is 0 Å². The fraction of sp³-hybridized carbons (Fsp3) is 0.320. The van der Waals surface area contributed by atoms with Gasteiger partial charge in [-0.2, -0.15) is 10.1 Å². The maximum absolute atomic E-state index is 12.9. The summed E-state index contributed by atoms with van der Waals surface area (Å²) in [6.07, 6.45) is 0. The van der Waals surface area contributed by atoms with Gasteiger partial charge in [0.25, 0.3) is 5.91 Å². The highest BCUT2D eigenvalue weighted by Gasteiger charge is 2.25. The topological polar surface area (TPSA) is 63.5 Å². The van der Waals surface area contributed by atoms with E-state index in [2.05, 4.69) is 36.1 Å². The van der Waals surface area contributed by atoms with E-state index >= 15 is 0 Å². The van der Waals surface area contributed by atoms with E-state index < -0.39 is 0 Å². The first-order valence-corrected chi connectivity index (χ1v) is 12.1. The van der Waals surface area contributed by atoms with E-state index in [1.54, 1.807) is 11.3 Å². The number of amides is 1. The number of anilines is 1. The van der Waals surface area contributed by atoms with Crippen LogP contribution >= 0.6 is 11.3 Å². The summed E-state index contributed by atoms with van der Waals surface area (Å²) >= 11 is 1.68. The van der Waals surface area contributed by atoms with E-state index in [4.69, 9.17) is 14.8 Å². The number of hydrogen-bond acceptors (Lipinski definition) is 6. The summed E-state index contributed by atoms with van der Waals surface area (Å²) in [5.74, 6) is 0.849. The second-order valence-electron chi connectivity index (χ2n) is 8.22. The number of rotatable bonds is 5. The normalized spacial score (nSPS) is 14.2. The van der Waals surface area contributed by atoms with Crippen LogP contribution in [0.25, 0.3) is 16.0 Å². The van der Waals surface area contributed by atoms with Crippen LogP contribution in [0.5, 0.6) is 5.75 Å². The number of piperazine rings is 1. The molecular formula is C25H27N5O2S. The van der Waals surface area contributed by atoms with E-state index in [0.717, 1.165) is 45.7 Å². The Balaban J connectivity index is 1.30. The standard InChI is InChI=1S/C25H27N5O2S/c1-4-32-21-11-7-19(8-12-21)24(31)28-13-15-29(16-14-28)25-26-23-22(33-25)18(3)27-30(23)20-9-5-17(2)6-10-20/h5-12H,4,13-16H2,1-3H3. The van der Waals surface area contributed by atoms with Crippen molar-refractivity contribution >= 4 is 32.7 Å². The zero-order valence-electron chi connectivity index (χ0n) is 19.1. The highest BCUT2D eigenvalue weighted by atomic mass is 32.1. The first-order chi connectivity index (χ1) is 16.0. The number of thiazole rings is 1. The molecule has 4 aromatic rings. The van der Waals surface area contributed by atoms with E-state index in [9.17, 15) is 4.79 Å². The molecule has 1 fully saturated rings. The van der Waals surface area contributed by atoms with Gasteiger partial charge in [-0.25, -0.2) is 4.68 Å². The van der Waals surface area contributed by atoms with Crippen molar-refractivity contribution in [1.29, 1.82) is 0 Å². The van der Waals surface area contributed by atoms with Crippen LogP contribution in [-0.2, 0) is 0 Å². The minimum absolute atomic E-state index is 0.0628. The number of aromatic nitrogens is 3. The molecule has 2 aromatic carbocycles. The first-order valence-electron chi connectivity index (χ1n) is 11.2. The van der Waals surface area contributed by atoms with Crippen LogP contribution in [0.1, 0.15) is 28.5 Å². The molecule has 0 saturated carbocycles. The van der Waals surface area contributed by atoms with Gasteiger partial charge in [-0.1, -0.05) is 29.0 Å².